The van der Waals surface area contributed by atoms with Gasteiger partial charge in [-0.05, 0) is 42.6 Å². The van der Waals surface area contributed by atoms with Gasteiger partial charge in [0.15, 0.2) is 0 Å². The fourth-order valence-corrected chi connectivity index (χ4v) is 4.14. The monoisotopic (exact) mass is 222 g/mol. The van der Waals surface area contributed by atoms with E-state index in [1.54, 1.807) is 0 Å². The lowest BCUT2D eigenvalue weighted by Crippen LogP contribution is -2.34. The summed E-state index contributed by atoms with van der Waals surface area (Å²) in [5, 5.41) is 7.55. The molecule has 3 fully saturated rings. The summed E-state index contributed by atoms with van der Waals surface area (Å²) in [4.78, 5) is 0. The maximum atomic E-state index is 3.82. The van der Waals surface area contributed by atoms with Crippen molar-refractivity contribution in [3.63, 3.8) is 0 Å². The van der Waals surface area contributed by atoms with Gasteiger partial charge in [-0.1, -0.05) is 27.7 Å². The molecule has 2 heterocycles. The Morgan fingerprint density at radius 3 is 2.25 bits per heavy atom. The Hall–Kier alpha value is -0.0800. The van der Waals surface area contributed by atoms with Crippen LogP contribution in [0.15, 0.2) is 0 Å². The van der Waals surface area contributed by atoms with E-state index < -0.39 is 0 Å². The van der Waals surface area contributed by atoms with Crippen molar-refractivity contribution in [2.75, 3.05) is 6.54 Å². The first-order valence-corrected chi connectivity index (χ1v) is 6.92. The van der Waals surface area contributed by atoms with Gasteiger partial charge >= 0.3 is 0 Å². The van der Waals surface area contributed by atoms with Crippen molar-refractivity contribution in [2.24, 2.45) is 16.7 Å². The van der Waals surface area contributed by atoms with Crippen LogP contribution >= 0.6 is 0 Å². The highest BCUT2D eigenvalue weighted by Gasteiger charge is 2.64. The van der Waals surface area contributed by atoms with Crippen LogP contribution in [-0.4, -0.2) is 24.7 Å². The Bertz CT molecular complexity index is 281. The fourth-order valence-electron chi connectivity index (χ4n) is 4.14. The first-order chi connectivity index (χ1) is 7.43. The van der Waals surface area contributed by atoms with Crippen LogP contribution < -0.4 is 10.6 Å². The molecule has 16 heavy (non-hydrogen) atoms. The van der Waals surface area contributed by atoms with Crippen molar-refractivity contribution in [3.8, 4) is 0 Å². The van der Waals surface area contributed by atoms with Crippen molar-refractivity contribution >= 4 is 0 Å². The standard InChI is InChI=1S/C14H26N2/c1-13(2)12(14(13,3)4)15-8-9-7-10-5-6-11(9)16-10/h9-12,15-16H,5-8H2,1-4H3. The van der Waals surface area contributed by atoms with Crippen molar-refractivity contribution < 1.29 is 0 Å². The average molecular weight is 222 g/mol. The first kappa shape index (κ1) is 11.0. The SMILES string of the molecule is CC1(C)C(NCC2CC3CCC2N3)C1(C)C. The first-order valence-electron chi connectivity index (χ1n) is 6.92. The molecule has 92 valence electrons. The lowest BCUT2D eigenvalue weighted by Gasteiger charge is -2.21. The summed E-state index contributed by atoms with van der Waals surface area (Å²) in [6, 6.07) is 2.39. The lowest BCUT2D eigenvalue weighted by molar-refractivity contribution is 0.371. The molecule has 2 bridgehead atoms. The van der Waals surface area contributed by atoms with Crippen LogP contribution in [0.3, 0.4) is 0 Å². The van der Waals surface area contributed by atoms with Gasteiger partial charge in [-0.25, -0.2) is 0 Å². The molecule has 0 spiro atoms. The molecule has 3 aliphatic rings. The second-order valence-electron chi connectivity index (χ2n) is 7.33. The molecule has 0 radical (unpaired) electrons. The lowest BCUT2D eigenvalue weighted by atomic mass is 9.89. The summed E-state index contributed by atoms with van der Waals surface area (Å²) in [7, 11) is 0. The Balaban J connectivity index is 1.52. The highest BCUT2D eigenvalue weighted by Crippen LogP contribution is 2.62. The van der Waals surface area contributed by atoms with Gasteiger partial charge in [0.25, 0.3) is 0 Å². The molecule has 2 heteroatoms. The van der Waals surface area contributed by atoms with E-state index in [0.29, 0.717) is 10.8 Å². The smallest absolute Gasteiger partial charge is 0.0181 e. The molecular formula is C14H26N2. The summed E-state index contributed by atoms with van der Waals surface area (Å²) in [6.07, 6.45) is 4.24. The quantitative estimate of drug-likeness (QED) is 0.764. The molecule has 3 unspecified atom stereocenters. The molecular weight excluding hydrogens is 196 g/mol. The van der Waals surface area contributed by atoms with Gasteiger partial charge in [-0.2, -0.15) is 0 Å². The molecule has 0 amide bonds. The number of nitrogens with one attached hydrogen (secondary N) is 2. The Morgan fingerprint density at radius 2 is 1.81 bits per heavy atom. The van der Waals surface area contributed by atoms with Crippen LogP contribution in [0, 0.1) is 16.7 Å². The zero-order chi connectivity index (χ0) is 11.6. The van der Waals surface area contributed by atoms with Crippen LogP contribution in [0.2, 0.25) is 0 Å². The Morgan fingerprint density at radius 1 is 1.12 bits per heavy atom. The van der Waals surface area contributed by atoms with Gasteiger partial charge in [0.1, 0.15) is 0 Å². The minimum atomic E-state index is 0.484. The molecule has 3 atom stereocenters. The second kappa shape index (κ2) is 3.23. The van der Waals surface area contributed by atoms with E-state index in [9.17, 15) is 0 Å². The number of hydrogen-bond donors (Lipinski definition) is 2. The van der Waals surface area contributed by atoms with Crippen molar-refractivity contribution in [1.29, 1.82) is 0 Å². The van der Waals surface area contributed by atoms with Crippen molar-refractivity contribution in [1.82, 2.24) is 10.6 Å². The maximum absolute atomic E-state index is 3.82. The van der Waals surface area contributed by atoms with Crippen LogP contribution in [-0.2, 0) is 0 Å². The van der Waals surface area contributed by atoms with Crippen LogP contribution in [0.25, 0.3) is 0 Å². The van der Waals surface area contributed by atoms with Crippen LogP contribution in [0.4, 0.5) is 0 Å². The normalized spacial score (nSPS) is 43.9. The third-order valence-electron chi connectivity index (χ3n) is 6.04. The van der Waals surface area contributed by atoms with E-state index >= 15 is 0 Å². The Kier molecular flexibility index (Phi) is 2.23. The molecule has 1 aliphatic carbocycles. The number of rotatable bonds is 3. The zero-order valence-electron chi connectivity index (χ0n) is 11.1. The summed E-state index contributed by atoms with van der Waals surface area (Å²) in [5.41, 5.74) is 0.968. The van der Waals surface area contributed by atoms with Gasteiger partial charge in [0.05, 0.1) is 0 Å². The third-order valence-corrected chi connectivity index (χ3v) is 6.04. The maximum Gasteiger partial charge on any atom is 0.0181 e. The molecule has 0 aromatic heterocycles. The second-order valence-corrected chi connectivity index (χ2v) is 7.33. The molecule has 1 saturated carbocycles. The molecule has 0 aromatic rings. The Labute approximate surface area is 99.6 Å². The van der Waals surface area contributed by atoms with Gasteiger partial charge in [-0.15, -0.1) is 0 Å². The summed E-state index contributed by atoms with van der Waals surface area (Å²) < 4.78 is 0. The molecule has 2 aliphatic heterocycles. The van der Waals surface area contributed by atoms with Crippen molar-refractivity contribution in [2.45, 2.75) is 65.1 Å². The van der Waals surface area contributed by atoms with E-state index in [4.69, 9.17) is 0 Å². The van der Waals surface area contributed by atoms with Crippen LogP contribution in [0.5, 0.6) is 0 Å². The fraction of sp³-hybridized carbons (Fsp3) is 1.00. The average Bonchev–Trinajstić information content (AvgIpc) is 2.69. The van der Waals surface area contributed by atoms with Gasteiger partial charge in [-0.3, -0.25) is 0 Å². The largest absolute Gasteiger partial charge is 0.313 e. The molecule has 3 rings (SSSR count). The summed E-state index contributed by atoms with van der Waals surface area (Å²) in [6.45, 7) is 10.8. The minimum Gasteiger partial charge on any atom is -0.313 e. The van der Waals surface area contributed by atoms with E-state index in [-0.39, 0.29) is 0 Å². The highest BCUT2D eigenvalue weighted by molar-refractivity contribution is 5.18. The summed E-state index contributed by atoms with van der Waals surface area (Å²) in [5.74, 6) is 0.894. The number of fused-ring (bicyclic) bond motifs is 2. The third kappa shape index (κ3) is 1.39. The molecule has 2 N–H and O–H groups in total. The van der Waals surface area contributed by atoms with Gasteiger partial charge < -0.3 is 10.6 Å². The summed E-state index contributed by atoms with van der Waals surface area (Å²) >= 11 is 0. The van der Waals surface area contributed by atoms with E-state index in [2.05, 4.69) is 38.3 Å². The predicted molar refractivity (Wildman–Crippen MR) is 67.4 cm³/mol. The topological polar surface area (TPSA) is 24.1 Å². The highest BCUT2D eigenvalue weighted by atomic mass is 15.1. The van der Waals surface area contributed by atoms with Crippen molar-refractivity contribution in [3.05, 3.63) is 0 Å². The zero-order valence-corrected chi connectivity index (χ0v) is 11.1. The minimum absolute atomic E-state index is 0.484. The van der Waals surface area contributed by atoms with E-state index in [1.807, 2.05) is 0 Å². The van der Waals surface area contributed by atoms with Crippen LogP contribution in [0.1, 0.15) is 47.0 Å². The predicted octanol–water partition coefficient (Wildman–Crippen LogP) is 2.15. The van der Waals surface area contributed by atoms with E-state index in [0.717, 1.165) is 24.0 Å². The van der Waals surface area contributed by atoms with E-state index in [1.165, 1.54) is 25.8 Å². The van der Waals surface area contributed by atoms with Gasteiger partial charge in [0, 0.05) is 18.1 Å². The molecule has 0 aromatic carbocycles. The molecule has 2 nitrogen and oxygen atoms in total. The van der Waals surface area contributed by atoms with Gasteiger partial charge in [0.2, 0.25) is 0 Å². The number of hydrogen-bond acceptors (Lipinski definition) is 2. The molecule has 2 saturated heterocycles.